The second kappa shape index (κ2) is 7.64. The molecular weight excluding hydrogens is 398 g/mol. The minimum atomic E-state index is 1.13. The van der Waals surface area contributed by atoms with Crippen molar-refractivity contribution in [1.82, 2.24) is 5.32 Å². The number of fused-ring (bicyclic) bond motifs is 2. The summed E-state index contributed by atoms with van der Waals surface area (Å²) in [6.07, 6.45) is 19.5. The molecule has 0 aromatic heterocycles. The molecule has 0 amide bonds. The van der Waals surface area contributed by atoms with E-state index in [9.17, 15) is 0 Å². The molecule has 0 saturated heterocycles. The molecule has 0 spiro atoms. The normalized spacial score (nSPS) is 18.8. The van der Waals surface area contributed by atoms with Gasteiger partial charge in [-0.2, -0.15) is 0 Å². The van der Waals surface area contributed by atoms with Crippen molar-refractivity contribution in [1.29, 1.82) is 0 Å². The van der Waals surface area contributed by atoms with E-state index in [1.807, 2.05) is 12.3 Å². The fourth-order valence-electron chi connectivity index (χ4n) is 5.33. The van der Waals surface area contributed by atoms with Crippen LogP contribution in [-0.4, -0.2) is 0 Å². The highest BCUT2D eigenvalue weighted by Gasteiger charge is 2.36. The van der Waals surface area contributed by atoms with E-state index in [4.69, 9.17) is 0 Å². The lowest BCUT2D eigenvalue weighted by atomic mass is 9.81. The monoisotopic (exact) mass is 424 g/mol. The van der Waals surface area contributed by atoms with Crippen molar-refractivity contribution in [3.63, 3.8) is 0 Å². The molecule has 1 aliphatic heterocycles. The largest absolute Gasteiger partial charge is 0.361 e. The Kier molecular flexibility index (Phi) is 4.58. The van der Waals surface area contributed by atoms with Gasteiger partial charge in [-0.1, -0.05) is 90.1 Å². The molecule has 0 atom stereocenters. The van der Waals surface area contributed by atoms with Crippen LogP contribution in [0.4, 0.5) is 0 Å². The maximum absolute atomic E-state index is 3.46. The van der Waals surface area contributed by atoms with Gasteiger partial charge in [0, 0.05) is 17.5 Å². The molecule has 0 unspecified atom stereocenters. The number of hydrogen-bond acceptors (Lipinski definition) is 1. The second-order valence-electron chi connectivity index (χ2n) is 9.08. The van der Waals surface area contributed by atoms with E-state index in [1.165, 1.54) is 67.2 Å². The zero-order chi connectivity index (χ0) is 22.5. The minimum Gasteiger partial charge on any atom is -0.361 e. The Bertz CT molecular complexity index is 1430. The van der Waals surface area contributed by atoms with E-state index in [2.05, 4.69) is 111 Å². The number of rotatable bonds is 3. The van der Waals surface area contributed by atoms with Gasteiger partial charge in [0.05, 0.1) is 5.92 Å². The molecule has 1 heterocycles. The maximum atomic E-state index is 3.46. The van der Waals surface area contributed by atoms with Gasteiger partial charge in [-0.25, -0.2) is 0 Å². The van der Waals surface area contributed by atoms with Crippen LogP contribution in [0.3, 0.4) is 0 Å². The molecule has 1 N–H and O–H groups in total. The fourth-order valence-corrected chi connectivity index (χ4v) is 5.33. The predicted octanol–water partition coefficient (Wildman–Crippen LogP) is 7.68. The third-order valence-electron chi connectivity index (χ3n) is 6.86. The highest BCUT2D eigenvalue weighted by atomic mass is 14.9. The van der Waals surface area contributed by atoms with E-state index >= 15 is 0 Å². The fraction of sp³-hybridized carbons (Fsp3) is 0.0938. The maximum Gasteiger partial charge on any atom is 0.0602 e. The highest BCUT2D eigenvalue weighted by molar-refractivity contribution is 5.90. The Hall–Kier alpha value is -3.84. The summed E-state index contributed by atoms with van der Waals surface area (Å²) in [7, 11) is 0. The van der Waals surface area contributed by atoms with Crippen LogP contribution < -0.4 is 5.32 Å². The van der Waals surface area contributed by atoms with Gasteiger partial charge in [-0.3, -0.25) is 0 Å². The summed E-state index contributed by atoms with van der Waals surface area (Å²) in [4.78, 5) is 0. The zero-order valence-corrected chi connectivity index (χ0v) is 19.2. The topological polar surface area (TPSA) is 12.0 Å². The van der Waals surface area contributed by atoms with Crippen LogP contribution in [-0.2, 0) is 0 Å². The van der Waals surface area contributed by atoms with Crippen LogP contribution in [0.1, 0.15) is 30.5 Å². The Morgan fingerprint density at radius 1 is 0.727 bits per heavy atom. The average molecular weight is 425 g/mol. The Labute approximate surface area is 196 Å². The van der Waals surface area contributed by atoms with Gasteiger partial charge in [-0.15, -0.1) is 0 Å². The Balaban J connectivity index is 1.48. The van der Waals surface area contributed by atoms with E-state index in [0.29, 0.717) is 0 Å². The molecular formula is C32H26N. The van der Waals surface area contributed by atoms with Crippen molar-refractivity contribution in [3.05, 3.63) is 153 Å². The summed E-state index contributed by atoms with van der Waals surface area (Å²) in [6, 6.07) is 15.6. The molecule has 1 nitrogen and oxygen atoms in total. The van der Waals surface area contributed by atoms with Gasteiger partial charge in [0.25, 0.3) is 0 Å². The van der Waals surface area contributed by atoms with Gasteiger partial charge >= 0.3 is 0 Å². The van der Waals surface area contributed by atoms with E-state index in [-0.39, 0.29) is 0 Å². The molecule has 0 saturated carbocycles. The molecule has 3 aliphatic carbocycles. The van der Waals surface area contributed by atoms with Crippen molar-refractivity contribution in [2.24, 2.45) is 0 Å². The van der Waals surface area contributed by atoms with Crippen molar-refractivity contribution < 1.29 is 0 Å². The number of hydrogen-bond donors (Lipinski definition) is 1. The SMILES string of the molecule is CC1=Cc2c(cccc2-c2ccc(C)cc2)[C]1C1=C(C)C=C2C=CC(C3=CC=CC=CN3)=C21. The first-order valence-electron chi connectivity index (χ1n) is 11.5. The van der Waals surface area contributed by atoms with Crippen LogP contribution >= 0.6 is 0 Å². The number of allylic oxidation sites excluding steroid dienone is 12. The highest BCUT2D eigenvalue weighted by Crippen LogP contribution is 2.52. The summed E-state index contributed by atoms with van der Waals surface area (Å²) in [5.74, 6) is 1.36. The van der Waals surface area contributed by atoms with Crippen LogP contribution in [0.5, 0.6) is 0 Å². The third kappa shape index (κ3) is 3.15. The molecule has 1 heteroatoms. The number of aryl methyl sites for hydroxylation is 1. The van der Waals surface area contributed by atoms with Crippen LogP contribution in [0.15, 0.2) is 130 Å². The lowest BCUT2D eigenvalue weighted by molar-refractivity contribution is 1.08. The predicted molar refractivity (Wildman–Crippen MR) is 139 cm³/mol. The van der Waals surface area contributed by atoms with Crippen LogP contribution in [0.2, 0.25) is 0 Å². The van der Waals surface area contributed by atoms with Gasteiger partial charge in [0.1, 0.15) is 0 Å². The van der Waals surface area contributed by atoms with E-state index in [0.717, 1.165) is 5.70 Å². The summed E-state index contributed by atoms with van der Waals surface area (Å²) >= 11 is 0. The van der Waals surface area contributed by atoms with Crippen molar-refractivity contribution in [3.8, 4) is 11.1 Å². The lowest BCUT2D eigenvalue weighted by Gasteiger charge is -2.21. The third-order valence-corrected chi connectivity index (χ3v) is 6.86. The lowest BCUT2D eigenvalue weighted by Crippen LogP contribution is -2.10. The summed E-state index contributed by atoms with van der Waals surface area (Å²) in [5.41, 5.74) is 15.6. The first-order valence-corrected chi connectivity index (χ1v) is 11.5. The van der Waals surface area contributed by atoms with Gasteiger partial charge in [0.2, 0.25) is 0 Å². The minimum absolute atomic E-state index is 1.13. The second-order valence-corrected chi connectivity index (χ2v) is 9.08. The van der Waals surface area contributed by atoms with Gasteiger partial charge < -0.3 is 5.32 Å². The molecule has 2 aromatic rings. The van der Waals surface area contributed by atoms with Crippen molar-refractivity contribution >= 4 is 6.08 Å². The van der Waals surface area contributed by atoms with E-state index in [1.54, 1.807) is 0 Å². The van der Waals surface area contributed by atoms with Crippen LogP contribution in [0.25, 0.3) is 17.2 Å². The molecule has 0 bridgehead atoms. The molecule has 159 valence electrons. The summed E-state index contributed by atoms with van der Waals surface area (Å²) in [5, 5.41) is 3.46. The first-order chi connectivity index (χ1) is 16.1. The standard InChI is InChI=1S/C32H26N/c1-20-11-13-23(14-12-20)25-8-7-9-26-28(25)19-22(3)30(26)31-21(2)18-24-15-16-27(32(24)31)29-10-5-4-6-17-33-29/h4-19,33H,1-3H3. The quantitative estimate of drug-likeness (QED) is 0.533. The zero-order valence-electron chi connectivity index (χ0n) is 19.2. The van der Waals surface area contributed by atoms with Crippen molar-refractivity contribution in [2.75, 3.05) is 0 Å². The molecule has 33 heavy (non-hydrogen) atoms. The van der Waals surface area contributed by atoms with E-state index < -0.39 is 0 Å². The number of nitrogens with one attached hydrogen (secondary N) is 1. The molecule has 4 aliphatic rings. The Morgan fingerprint density at radius 2 is 1.55 bits per heavy atom. The Morgan fingerprint density at radius 3 is 2.39 bits per heavy atom. The first kappa shape index (κ1) is 19.8. The average Bonchev–Trinajstić information content (AvgIpc) is 3.36. The van der Waals surface area contributed by atoms with Gasteiger partial charge in [0.15, 0.2) is 0 Å². The smallest absolute Gasteiger partial charge is 0.0602 e. The summed E-state index contributed by atoms with van der Waals surface area (Å²) < 4.78 is 0. The molecule has 6 rings (SSSR count). The molecule has 0 fully saturated rings. The van der Waals surface area contributed by atoms with Crippen molar-refractivity contribution in [2.45, 2.75) is 20.8 Å². The van der Waals surface area contributed by atoms with Crippen LogP contribution in [0, 0.1) is 12.8 Å². The molecule has 2 aromatic carbocycles. The number of benzene rings is 2. The molecule has 1 radical (unpaired) electrons. The van der Waals surface area contributed by atoms with Gasteiger partial charge in [-0.05, 0) is 77.5 Å². The summed E-state index contributed by atoms with van der Waals surface area (Å²) in [6.45, 7) is 6.64.